The number of sulfone groups is 1. The van der Waals surface area contributed by atoms with Crippen LogP contribution in [0.25, 0.3) is 0 Å². The Labute approximate surface area is 115 Å². The van der Waals surface area contributed by atoms with Crippen LogP contribution in [0, 0.1) is 0 Å². The first-order valence-electron chi connectivity index (χ1n) is 5.55. The maximum atomic E-state index is 11.6. The molecule has 0 spiro atoms. The fraction of sp³-hybridized carbons (Fsp3) is 0.400. The molecule has 2 aromatic heterocycles. The highest BCUT2D eigenvalue weighted by molar-refractivity contribution is 7.91. The van der Waals surface area contributed by atoms with Crippen molar-refractivity contribution in [1.29, 1.82) is 0 Å². The van der Waals surface area contributed by atoms with E-state index in [1.807, 2.05) is 17.8 Å². The van der Waals surface area contributed by atoms with Crippen LogP contribution in [-0.2, 0) is 23.3 Å². The molecule has 2 heterocycles. The Hall–Kier alpha value is -1.61. The Morgan fingerprint density at radius 1 is 1.53 bits per heavy atom. The lowest BCUT2D eigenvalue weighted by molar-refractivity contribution is 0.602. The third kappa shape index (κ3) is 3.04. The maximum Gasteiger partial charge on any atom is 0.182 e. The van der Waals surface area contributed by atoms with Crippen LogP contribution in [0.15, 0.2) is 17.3 Å². The van der Waals surface area contributed by atoms with E-state index in [1.54, 1.807) is 6.20 Å². The molecule has 0 atom stereocenters. The second-order valence-electron chi connectivity index (χ2n) is 4.13. The number of anilines is 2. The second kappa shape index (κ2) is 5.17. The van der Waals surface area contributed by atoms with Crippen molar-refractivity contribution < 1.29 is 8.42 Å². The third-order valence-corrected chi connectivity index (χ3v) is 4.70. The molecule has 0 aliphatic rings. The summed E-state index contributed by atoms with van der Waals surface area (Å²) in [5, 5.41) is 3.53. The predicted molar refractivity (Wildman–Crippen MR) is 75.0 cm³/mol. The summed E-state index contributed by atoms with van der Waals surface area (Å²) in [6, 6.07) is 0. The zero-order chi connectivity index (χ0) is 14.0. The number of imidazole rings is 1. The summed E-state index contributed by atoms with van der Waals surface area (Å²) in [5.74, 6) is 0.970. The molecule has 0 aromatic carbocycles. The number of aryl methyl sites for hydroxylation is 1. The maximum absolute atomic E-state index is 11.6. The van der Waals surface area contributed by atoms with E-state index in [1.165, 1.54) is 0 Å². The first kappa shape index (κ1) is 13.8. The summed E-state index contributed by atoms with van der Waals surface area (Å²) in [7, 11) is -1.46. The molecule has 2 rings (SSSR count). The second-order valence-corrected chi connectivity index (χ2v) is 6.86. The summed E-state index contributed by atoms with van der Waals surface area (Å²) in [6.45, 7) is 0.564. The van der Waals surface area contributed by atoms with E-state index in [-0.39, 0.29) is 10.7 Å². The van der Waals surface area contributed by atoms with Crippen molar-refractivity contribution in [3.8, 4) is 0 Å². The predicted octanol–water partition coefficient (Wildman–Crippen LogP) is 0.517. The summed E-state index contributed by atoms with van der Waals surface area (Å²) in [4.78, 5) is 4.27. The molecule has 0 saturated carbocycles. The van der Waals surface area contributed by atoms with E-state index in [2.05, 4.69) is 14.7 Å². The highest BCUT2D eigenvalue weighted by atomic mass is 32.2. The van der Waals surface area contributed by atoms with Crippen LogP contribution in [0.4, 0.5) is 10.8 Å². The number of hydrogen-bond acceptors (Lipinski definition) is 7. The van der Waals surface area contributed by atoms with Crippen LogP contribution in [0.3, 0.4) is 0 Å². The van der Waals surface area contributed by atoms with Gasteiger partial charge >= 0.3 is 0 Å². The van der Waals surface area contributed by atoms with Gasteiger partial charge in [-0.25, -0.2) is 13.4 Å². The number of rotatable bonds is 5. The molecule has 0 amide bonds. The molecule has 0 fully saturated rings. The number of nitrogens with one attached hydrogen (secondary N) is 1. The largest absolute Gasteiger partial charge is 0.382 e. The highest BCUT2D eigenvalue weighted by Gasteiger charge is 2.20. The average Bonchev–Trinajstić information content (AvgIpc) is 2.85. The van der Waals surface area contributed by atoms with Gasteiger partial charge in [-0.2, -0.15) is 4.37 Å². The van der Waals surface area contributed by atoms with Gasteiger partial charge in [0.1, 0.15) is 15.7 Å². The Morgan fingerprint density at radius 3 is 2.84 bits per heavy atom. The molecule has 9 heteroatoms. The van der Waals surface area contributed by atoms with Crippen molar-refractivity contribution in [2.24, 2.45) is 7.05 Å². The fourth-order valence-corrected chi connectivity index (χ4v) is 3.78. The van der Waals surface area contributed by atoms with Crippen LogP contribution >= 0.6 is 11.5 Å². The molecule has 0 saturated heterocycles. The lowest BCUT2D eigenvalue weighted by Gasteiger charge is -2.06. The SMILES string of the molecule is Cn1ccnc1CCNc1snc(N)c1S(C)(=O)=O. The van der Waals surface area contributed by atoms with Crippen LogP contribution in [0.5, 0.6) is 0 Å². The van der Waals surface area contributed by atoms with Gasteiger partial charge in [0.2, 0.25) is 0 Å². The summed E-state index contributed by atoms with van der Waals surface area (Å²) in [5.41, 5.74) is 5.58. The van der Waals surface area contributed by atoms with Crippen molar-refractivity contribution in [3.63, 3.8) is 0 Å². The minimum absolute atomic E-state index is 0.0481. The molecule has 19 heavy (non-hydrogen) atoms. The molecule has 0 radical (unpaired) electrons. The van der Waals surface area contributed by atoms with Gasteiger partial charge in [-0.05, 0) is 11.5 Å². The lowest BCUT2D eigenvalue weighted by Crippen LogP contribution is -2.10. The monoisotopic (exact) mass is 301 g/mol. The van der Waals surface area contributed by atoms with Gasteiger partial charge in [0.15, 0.2) is 15.7 Å². The smallest absolute Gasteiger partial charge is 0.182 e. The van der Waals surface area contributed by atoms with E-state index in [9.17, 15) is 8.42 Å². The normalized spacial score (nSPS) is 11.7. The molecule has 0 aliphatic heterocycles. The highest BCUT2D eigenvalue weighted by Crippen LogP contribution is 2.31. The van der Waals surface area contributed by atoms with E-state index in [0.717, 1.165) is 23.6 Å². The van der Waals surface area contributed by atoms with Gasteiger partial charge in [0, 0.05) is 38.7 Å². The van der Waals surface area contributed by atoms with Crippen LogP contribution < -0.4 is 11.1 Å². The number of hydrogen-bond donors (Lipinski definition) is 2. The van der Waals surface area contributed by atoms with Gasteiger partial charge < -0.3 is 15.6 Å². The van der Waals surface area contributed by atoms with Crippen LogP contribution in [-0.4, -0.2) is 35.1 Å². The first-order chi connectivity index (χ1) is 8.89. The van der Waals surface area contributed by atoms with Gasteiger partial charge in [0.05, 0.1) is 0 Å². The molecule has 0 bridgehead atoms. The molecular formula is C10H15N5O2S2. The van der Waals surface area contributed by atoms with Gasteiger partial charge in [-0.1, -0.05) is 0 Å². The van der Waals surface area contributed by atoms with E-state index < -0.39 is 9.84 Å². The first-order valence-corrected chi connectivity index (χ1v) is 8.21. The number of aromatic nitrogens is 3. The lowest BCUT2D eigenvalue weighted by atomic mass is 10.4. The van der Waals surface area contributed by atoms with Crippen molar-refractivity contribution in [3.05, 3.63) is 18.2 Å². The molecule has 2 aromatic rings. The van der Waals surface area contributed by atoms with Gasteiger partial charge in [-0.15, -0.1) is 0 Å². The van der Waals surface area contributed by atoms with Crippen LogP contribution in [0.1, 0.15) is 5.82 Å². The van der Waals surface area contributed by atoms with Crippen molar-refractivity contribution >= 4 is 32.2 Å². The van der Waals surface area contributed by atoms with Crippen molar-refractivity contribution in [1.82, 2.24) is 13.9 Å². The third-order valence-electron chi connectivity index (χ3n) is 2.60. The molecule has 0 unspecified atom stereocenters. The van der Waals surface area contributed by atoms with Crippen molar-refractivity contribution in [2.45, 2.75) is 11.3 Å². The molecular weight excluding hydrogens is 286 g/mol. The summed E-state index contributed by atoms with van der Waals surface area (Å²) >= 11 is 1.05. The Morgan fingerprint density at radius 2 is 2.26 bits per heavy atom. The zero-order valence-electron chi connectivity index (χ0n) is 10.6. The van der Waals surface area contributed by atoms with Crippen molar-refractivity contribution in [2.75, 3.05) is 23.9 Å². The van der Waals surface area contributed by atoms with E-state index in [0.29, 0.717) is 18.0 Å². The summed E-state index contributed by atoms with van der Waals surface area (Å²) in [6.07, 6.45) is 5.39. The van der Waals surface area contributed by atoms with Crippen LogP contribution in [0.2, 0.25) is 0 Å². The molecule has 0 aliphatic carbocycles. The number of nitrogens with zero attached hydrogens (tertiary/aromatic N) is 3. The minimum Gasteiger partial charge on any atom is -0.382 e. The quantitative estimate of drug-likeness (QED) is 0.834. The zero-order valence-corrected chi connectivity index (χ0v) is 12.3. The fourth-order valence-electron chi connectivity index (χ4n) is 1.69. The van der Waals surface area contributed by atoms with E-state index >= 15 is 0 Å². The Kier molecular flexibility index (Phi) is 3.76. The Bertz CT molecular complexity index is 674. The number of nitrogen functional groups attached to an aromatic ring is 1. The summed E-state index contributed by atoms with van der Waals surface area (Å²) < 4.78 is 29.0. The van der Waals surface area contributed by atoms with Gasteiger partial charge in [-0.3, -0.25) is 0 Å². The average molecular weight is 301 g/mol. The Balaban J connectivity index is 2.07. The number of nitrogens with two attached hydrogens (primary N) is 1. The minimum atomic E-state index is -3.37. The standard InChI is InChI=1S/C10H15N5O2S2/c1-15-6-5-12-7(15)3-4-13-10-8(19(2,16)17)9(11)14-18-10/h5-6,13H,3-4H2,1-2H3,(H2,11,14). The molecule has 104 valence electrons. The van der Waals surface area contributed by atoms with E-state index in [4.69, 9.17) is 5.73 Å². The van der Waals surface area contributed by atoms with Gasteiger partial charge in [0.25, 0.3) is 0 Å². The molecule has 3 N–H and O–H groups in total. The molecule has 7 nitrogen and oxygen atoms in total. The topological polar surface area (TPSA) is 103 Å².